The molecule has 0 amide bonds. The largest absolute Gasteiger partial charge is 0.294 e. The molecule has 1 aromatic carbocycles. The van der Waals surface area contributed by atoms with Crippen LogP contribution in [0.2, 0.25) is 0 Å². The molecule has 1 nitrogen and oxygen atoms in total. The molecular weight excluding hydrogens is 367 g/mol. The molecule has 0 saturated carbocycles. The number of carbonyl (C=O) groups is 1. The van der Waals surface area contributed by atoms with Crippen molar-refractivity contribution in [1.29, 1.82) is 0 Å². The number of Topliss-reactive ketones (excluding diaryl/α,β-unsaturated/α-hetero) is 1. The van der Waals surface area contributed by atoms with Gasteiger partial charge in [-0.05, 0) is 46.7 Å². The molecule has 15 heavy (non-hydrogen) atoms. The predicted octanol–water partition coefficient (Wildman–Crippen LogP) is 4.67. The van der Waals surface area contributed by atoms with Crippen LogP contribution < -0.4 is 0 Å². The van der Waals surface area contributed by atoms with E-state index < -0.39 is 0 Å². The van der Waals surface area contributed by atoms with Crippen LogP contribution in [0.3, 0.4) is 0 Å². The molecule has 1 rings (SSSR count). The van der Waals surface area contributed by atoms with Crippen molar-refractivity contribution in [2.75, 3.05) is 0 Å². The lowest BCUT2D eigenvalue weighted by molar-refractivity contribution is 0.0963. The van der Waals surface area contributed by atoms with Gasteiger partial charge in [-0.2, -0.15) is 0 Å². The maximum atomic E-state index is 12.0. The van der Waals surface area contributed by atoms with E-state index in [0.29, 0.717) is 12.3 Å². The summed E-state index contributed by atoms with van der Waals surface area (Å²) >= 11 is 5.64. The maximum absolute atomic E-state index is 12.0. The summed E-state index contributed by atoms with van der Waals surface area (Å²) in [5, 5.41) is 0. The van der Waals surface area contributed by atoms with E-state index in [-0.39, 0.29) is 5.78 Å². The molecule has 0 spiro atoms. The monoisotopic (exact) mass is 380 g/mol. The second kappa shape index (κ2) is 5.99. The third-order valence-electron chi connectivity index (χ3n) is 2.46. The van der Waals surface area contributed by atoms with Gasteiger partial charge in [0.25, 0.3) is 0 Å². The van der Waals surface area contributed by atoms with E-state index in [0.717, 1.165) is 20.0 Å². The van der Waals surface area contributed by atoms with Crippen molar-refractivity contribution in [2.24, 2.45) is 5.92 Å². The molecule has 0 saturated heterocycles. The van der Waals surface area contributed by atoms with Crippen molar-refractivity contribution in [2.45, 2.75) is 26.7 Å². The summed E-state index contributed by atoms with van der Waals surface area (Å²) in [4.78, 5) is 12.0. The fourth-order valence-corrected chi connectivity index (χ4v) is 2.24. The molecule has 0 aliphatic heterocycles. The number of hydrogen-bond donors (Lipinski definition) is 0. The summed E-state index contributed by atoms with van der Waals surface area (Å²) in [7, 11) is 0. The molecule has 0 aliphatic rings. The highest BCUT2D eigenvalue weighted by molar-refractivity contribution is 14.1. The smallest absolute Gasteiger partial charge is 0.164 e. The molecule has 0 aliphatic carbocycles. The fraction of sp³-hybridized carbons (Fsp3) is 0.417. The lowest BCUT2D eigenvalue weighted by atomic mass is 9.98. The van der Waals surface area contributed by atoms with Gasteiger partial charge >= 0.3 is 0 Å². The Labute approximate surface area is 113 Å². The molecule has 3 heteroatoms. The summed E-state index contributed by atoms with van der Waals surface area (Å²) in [6.07, 6.45) is 1.68. The number of rotatable bonds is 4. The highest BCUT2D eigenvalue weighted by Gasteiger charge is 2.13. The lowest BCUT2D eigenvalue weighted by Crippen LogP contribution is -2.06. The van der Waals surface area contributed by atoms with Crippen LogP contribution in [-0.4, -0.2) is 5.78 Å². The Morgan fingerprint density at radius 1 is 1.53 bits per heavy atom. The van der Waals surface area contributed by atoms with Gasteiger partial charge in [0.1, 0.15) is 0 Å². The molecule has 82 valence electrons. The van der Waals surface area contributed by atoms with E-state index in [2.05, 4.69) is 52.4 Å². The van der Waals surface area contributed by atoms with Crippen LogP contribution in [0, 0.1) is 9.49 Å². The van der Waals surface area contributed by atoms with Crippen LogP contribution in [0.4, 0.5) is 0 Å². The van der Waals surface area contributed by atoms with E-state index in [1.807, 2.05) is 18.2 Å². The minimum absolute atomic E-state index is 0.231. The van der Waals surface area contributed by atoms with Gasteiger partial charge in [0.05, 0.1) is 0 Å². The molecular formula is C12H14BrIO. The second-order valence-electron chi connectivity index (χ2n) is 3.76. The van der Waals surface area contributed by atoms with Gasteiger partial charge in [-0.3, -0.25) is 4.79 Å². The van der Waals surface area contributed by atoms with Crippen LogP contribution in [-0.2, 0) is 0 Å². The third-order valence-corrected chi connectivity index (χ3v) is 3.82. The van der Waals surface area contributed by atoms with Gasteiger partial charge in [0.15, 0.2) is 5.78 Å². The van der Waals surface area contributed by atoms with Crippen molar-refractivity contribution in [3.05, 3.63) is 31.8 Å². The second-order valence-corrected chi connectivity index (χ2v) is 5.86. The zero-order chi connectivity index (χ0) is 11.4. The molecule has 1 aromatic rings. The van der Waals surface area contributed by atoms with Gasteiger partial charge in [-0.1, -0.05) is 36.2 Å². The summed E-state index contributed by atoms with van der Waals surface area (Å²) in [6.45, 7) is 4.22. The van der Waals surface area contributed by atoms with Gasteiger partial charge in [0, 0.05) is 20.0 Å². The van der Waals surface area contributed by atoms with Crippen LogP contribution >= 0.6 is 38.5 Å². The highest BCUT2D eigenvalue weighted by Crippen LogP contribution is 2.22. The number of ketones is 1. The van der Waals surface area contributed by atoms with Gasteiger partial charge < -0.3 is 0 Å². The summed E-state index contributed by atoms with van der Waals surface area (Å²) in [5.74, 6) is 0.692. The van der Waals surface area contributed by atoms with Crippen molar-refractivity contribution in [3.8, 4) is 0 Å². The summed E-state index contributed by atoms with van der Waals surface area (Å²) in [6, 6.07) is 5.87. The standard InChI is InChI=1S/C12H14BrIO/c1-3-8(2)6-12(15)10-7-9(14)4-5-11(10)13/h4-5,7-8H,3,6H2,1-2H3. The normalized spacial score (nSPS) is 12.5. The SMILES string of the molecule is CCC(C)CC(=O)c1cc(I)ccc1Br. The third kappa shape index (κ3) is 3.87. The van der Waals surface area contributed by atoms with E-state index in [9.17, 15) is 4.79 Å². The summed E-state index contributed by atoms with van der Waals surface area (Å²) < 4.78 is 2.00. The molecule has 1 atom stereocenters. The van der Waals surface area contributed by atoms with Gasteiger partial charge in [-0.25, -0.2) is 0 Å². The number of benzene rings is 1. The van der Waals surface area contributed by atoms with E-state index in [1.165, 1.54) is 0 Å². The molecule has 0 aromatic heterocycles. The number of carbonyl (C=O) groups excluding carboxylic acids is 1. The Morgan fingerprint density at radius 3 is 2.80 bits per heavy atom. The molecule has 0 N–H and O–H groups in total. The molecule has 0 heterocycles. The fourth-order valence-electron chi connectivity index (χ4n) is 1.28. The average Bonchev–Trinajstić information content (AvgIpc) is 2.21. The minimum atomic E-state index is 0.231. The Hall–Kier alpha value is 0.1000. The Balaban J connectivity index is 2.86. The van der Waals surface area contributed by atoms with E-state index >= 15 is 0 Å². The molecule has 0 bridgehead atoms. The lowest BCUT2D eigenvalue weighted by Gasteiger charge is -2.08. The maximum Gasteiger partial charge on any atom is 0.164 e. The first-order valence-electron chi connectivity index (χ1n) is 5.02. The van der Waals surface area contributed by atoms with Gasteiger partial charge in [-0.15, -0.1) is 0 Å². The number of halogens is 2. The van der Waals surface area contributed by atoms with Crippen molar-refractivity contribution < 1.29 is 4.79 Å². The molecule has 0 radical (unpaired) electrons. The zero-order valence-corrected chi connectivity index (χ0v) is 12.6. The molecule has 0 fully saturated rings. The van der Waals surface area contributed by atoms with Crippen molar-refractivity contribution in [1.82, 2.24) is 0 Å². The minimum Gasteiger partial charge on any atom is -0.294 e. The first kappa shape index (κ1) is 13.2. The van der Waals surface area contributed by atoms with Crippen molar-refractivity contribution in [3.63, 3.8) is 0 Å². The first-order valence-corrected chi connectivity index (χ1v) is 6.90. The Morgan fingerprint density at radius 2 is 2.20 bits per heavy atom. The number of hydrogen-bond acceptors (Lipinski definition) is 1. The predicted molar refractivity (Wildman–Crippen MR) is 75.3 cm³/mol. The van der Waals surface area contributed by atoms with E-state index in [1.54, 1.807) is 0 Å². The molecule has 1 unspecified atom stereocenters. The van der Waals surface area contributed by atoms with Crippen LogP contribution in [0.15, 0.2) is 22.7 Å². The van der Waals surface area contributed by atoms with E-state index in [4.69, 9.17) is 0 Å². The van der Waals surface area contributed by atoms with Crippen LogP contribution in [0.25, 0.3) is 0 Å². The quantitative estimate of drug-likeness (QED) is 0.547. The topological polar surface area (TPSA) is 17.1 Å². The van der Waals surface area contributed by atoms with Crippen LogP contribution in [0.1, 0.15) is 37.0 Å². The Bertz CT molecular complexity index is 363. The van der Waals surface area contributed by atoms with Crippen LogP contribution in [0.5, 0.6) is 0 Å². The zero-order valence-electron chi connectivity index (χ0n) is 8.89. The van der Waals surface area contributed by atoms with Crippen molar-refractivity contribution >= 4 is 44.3 Å². The first-order chi connectivity index (χ1) is 7.04. The summed E-state index contributed by atoms with van der Waals surface area (Å²) in [5.41, 5.74) is 0.808. The highest BCUT2D eigenvalue weighted by atomic mass is 127. The van der Waals surface area contributed by atoms with Gasteiger partial charge in [0.2, 0.25) is 0 Å². The average molecular weight is 381 g/mol. The Kier molecular flexibility index (Phi) is 5.26.